The summed E-state index contributed by atoms with van der Waals surface area (Å²) in [6.07, 6.45) is 6.25. The molecule has 2 saturated heterocycles. The van der Waals surface area contributed by atoms with Gasteiger partial charge < -0.3 is 9.64 Å². The Morgan fingerprint density at radius 1 is 1.33 bits per heavy atom. The van der Waals surface area contributed by atoms with Crippen LogP contribution >= 0.6 is 0 Å². The highest BCUT2D eigenvalue weighted by molar-refractivity contribution is 5.77. The first-order valence-electron chi connectivity index (χ1n) is 7.75. The predicted molar refractivity (Wildman–Crippen MR) is 76.6 cm³/mol. The van der Waals surface area contributed by atoms with Crippen molar-refractivity contribution in [3.05, 3.63) is 12.7 Å². The number of carbonyl (C=O) groups excluding carboxylic acids is 1. The minimum Gasteiger partial charge on any atom is -0.374 e. The lowest BCUT2D eigenvalue weighted by molar-refractivity contribution is -0.127. The maximum atomic E-state index is 11.6. The fourth-order valence-electron chi connectivity index (χ4n) is 3.06. The van der Waals surface area contributed by atoms with Crippen LogP contribution in [-0.2, 0) is 16.1 Å². The summed E-state index contributed by atoms with van der Waals surface area (Å²) in [4.78, 5) is 19.9. The molecule has 1 atom stereocenters. The Morgan fingerprint density at radius 3 is 3.05 bits per heavy atom. The summed E-state index contributed by atoms with van der Waals surface area (Å²) in [7, 11) is 0. The number of ether oxygens (including phenoxy) is 1. The van der Waals surface area contributed by atoms with Gasteiger partial charge in [0.25, 0.3) is 0 Å². The van der Waals surface area contributed by atoms with Gasteiger partial charge in [-0.05, 0) is 12.8 Å². The van der Waals surface area contributed by atoms with Crippen LogP contribution in [0.5, 0.6) is 0 Å². The van der Waals surface area contributed by atoms with Gasteiger partial charge in [0, 0.05) is 39.1 Å². The van der Waals surface area contributed by atoms with Crippen molar-refractivity contribution >= 4 is 5.91 Å². The normalized spacial score (nSPS) is 23.9. The van der Waals surface area contributed by atoms with E-state index in [9.17, 15) is 4.79 Å². The third-order valence-corrected chi connectivity index (χ3v) is 4.15. The van der Waals surface area contributed by atoms with E-state index < -0.39 is 0 Å². The molecule has 0 N–H and O–H groups in total. The summed E-state index contributed by atoms with van der Waals surface area (Å²) in [5, 5.41) is 4.12. The van der Waals surface area contributed by atoms with Gasteiger partial charge in [0.15, 0.2) is 0 Å². The average Bonchev–Trinajstić information content (AvgIpc) is 3.12. The van der Waals surface area contributed by atoms with Crippen LogP contribution in [0.25, 0.3) is 0 Å². The number of likely N-dealkylation sites (tertiary alicyclic amines) is 1. The molecule has 2 fully saturated rings. The van der Waals surface area contributed by atoms with Crippen molar-refractivity contribution in [3.63, 3.8) is 0 Å². The molecule has 3 rings (SSSR count). The Morgan fingerprint density at radius 2 is 2.29 bits per heavy atom. The molecule has 0 aromatic carbocycles. The number of morpholine rings is 1. The molecule has 21 heavy (non-hydrogen) atoms. The number of rotatable bonds is 6. The first-order chi connectivity index (χ1) is 10.3. The maximum Gasteiger partial charge on any atom is 0.222 e. The molecule has 7 nitrogen and oxygen atoms in total. The second kappa shape index (κ2) is 7.00. The van der Waals surface area contributed by atoms with Crippen molar-refractivity contribution in [1.82, 2.24) is 24.6 Å². The molecule has 1 aromatic heterocycles. The van der Waals surface area contributed by atoms with Crippen LogP contribution in [0.4, 0.5) is 0 Å². The topological polar surface area (TPSA) is 63.5 Å². The molecule has 116 valence electrons. The minimum absolute atomic E-state index is 0.175. The van der Waals surface area contributed by atoms with E-state index in [2.05, 4.69) is 15.0 Å². The van der Waals surface area contributed by atoms with Gasteiger partial charge in [-0.2, -0.15) is 5.10 Å². The van der Waals surface area contributed by atoms with E-state index in [-0.39, 0.29) is 6.10 Å². The Labute approximate surface area is 124 Å². The summed E-state index contributed by atoms with van der Waals surface area (Å²) in [6.45, 7) is 6.28. The molecule has 0 aliphatic carbocycles. The smallest absolute Gasteiger partial charge is 0.222 e. The summed E-state index contributed by atoms with van der Waals surface area (Å²) < 4.78 is 7.60. The van der Waals surface area contributed by atoms with Crippen LogP contribution in [0, 0.1) is 0 Å². The molecule has 2 aliphatic rings. The first-order valence-corrected chi connectivity index (χ1v) is 7.75. The SMILES string of the molecule is O=C1CCCN1CCCN1CCO[C@H](Cn2cncn2)C1. The quantitative estimate of drug-likeness (QED) is 0.738. The van der Waals surface area contributed by atoms with E-state index in [0.717, 1.165) is 65.1 Å². The van der Waals surface area contributed by atoms with Gasteiger partial charge in [-0.15, -0.1) is 0 Å². The van der Waals surface area contributed by atoms with Gasteiger partial charge in [0.05, 0.1) is 19.3 Å². The highest BCUT2D eigenvalue weighted by atomic mass is 16.5. The first kappa shape index (κ1) is 14.5. The second-order valence-corrected chi connectivity index (χ2v) is 5.75. The monoisotopic (exact) mass is 293 g/mol. The number of carbonyl (C=O) groups is 1. The highest BCUT2D eigenvalue weighted by Crippen LogP contribution is 2.11. The number of aromatic nitrogens is 3. The van der Waals surface area contributed by atoms with Gasteiger partial charge in [-0.1, -0.05) is 0 Å². The molecule has 0 spiro atoms. The molecule has 0 saturated carbocycles. The lowest BCUT2D eigenvalue weighted by atomic mass is 10.2. The van der Waals surface area contributed by atoms with Crippen molar-refractivity contribution in [1.29, 1.82) is 0 Å². The van der Waals surface area contributed by atoms with E-state index in [0.29, 0.717) is 5.91 Å². The van der Waals surface area contributed by atoms with E-state index in [4.69, 9.17) is 4.74 Å². The standard InChI is InChI=1S/C14H23N5O2/c20-14-3-1-5-18(14)6-2-4-17-7-8-21-13(9-17)10-19-12-15-11-16-19/h11-13H,1-10H2/t13-/m0/s1. The zero-order chi connectivity index (χ0) is 14.5. The molecule has 1 aromatic rings. The van der Waals surface area contributed by atoms with Crippen LogP contribution in [0.2, 0.25) is 0 Å². The maximum absolute atomic E-state index is 11.6. The van der Waals surface area contributed by atoms with Crippen LogP contribution in [0.1, 0.15) is 19.3 Å². The minimum atomic E-state index is 0.175. The molecule has 1 amide bonds. The molecule has 0 bridgehead atoms. The zero-order valence-corrected chi connectivity index (χ0v) is 12.4. The van der Waals surface area contributed by atoms with Crippen LogP contribution < -0.4 is 0 Å². The van der Waals surface area contributed by atoms with Crippen molar-refractivity contribution < 1.29 is 9.53 Å². The summed E-state index contributed by atoms with van der Waals surface area (Å²) in [6, 6.07) is 0. The van der Waals surface area contributed by atoms with Crippen molar-refractivity contribution in [2.45, 2.75) is 31.9 Å². The summed E-state index contributed by atoms with van der Waals surface area (Å²) >= 11 is 0. The van der Waals surface area contributed by atoms with E-state index in [1.54, 1.807) is 12.7 Å². The zero-order valence-electron chi connectivity index (χ0n) is 12.4. The lowest BCUT2D eigenvalue weighted by Gasteiger charge is -2.33. The van der Waals surface area contributed by atoms with E-state index in [1.165, 1.54) is 0 Å². The van der Waals surface area contributed by atoms with Gasteiger partial charge in [0.1, 0.15) is 12.7 Å². The van der Waals surface area contributed by atoms with Crippen LogP contribution in [-0.4, -0.2) is 75.9 Å². The Balaban J connectivity index is 1.38. The summed E-state index contributed by atoms with van der Waals surface area (Å²) in [5.41, 5.74) is 0. The molecular weight excluding hydrogens is 270 g/mol. The predicted octanol–water partition coefficient (Wildman–Crippen LogP) is -0.00860. The van der Waals surface area contributed by atoms with Crippen molar-refractivity contribution in [2.75, 3.05) is 39.3 Å². The molecule has 3 heterocycles. The largest absolute Gasteiger partial charge is 0.374 e. The third kappa shape index (κ3) is 4.01. The van der Waals surface area contributed by atoms with Gasteiger partial charge in [0.2, 0.25) is 5.91 Å². The lowest BCUT2D eigenvalue weighted by Crippen LogP contribution is -2.45. The van der Waals surface area contributed by atoms with Gasteiger partial charge in [-0.25, -0.2) is 4.98 Å². The van der Waals surface area contributed by atoms with Crippen LogP contribution in [0.3, 0.4) is 0 Å². The molecule has 0 unspecified atom stereocenters. The Kier molecular flexibility index (Phi) is 4.82. The summed E-state index contributed by atoms with van der Waals surface area (Å²) in [5.74, 6) is 0.320. The van der Waals surface area contributed by atoms with Crippen molar-refractivity contribution in [3.8, 4) is 0 Å². The van der Waals surface area contributed by atoms with Crippen molar-refractivity contribution in [2.24, 2.45) is 0 Å². The second-order valence-electron chi connectivity index (χ2n) is 5.75. The molecule has 7 heteroatoms. The fourth-order valence-corrected chi connectivity index (χ4v) is 3.06. The molecule has 0 radical (unpaired) electrons. The molecule has 2 aliphatic heterocycles. The Bertz CT molecular complexity index is 450. The molecular formula is C14H23N5O2. The number of nitrogens with zero attached hydrogens (tertiary/aromatic N) is 5. The number of hydrogen-bond acceptors (Lipinski definition) is 5. The van der Waals surface area contributed by atoms with Gasteiger partial charge >= 0.3 is 0 Å². The highest BCUT2D eigenvalue weighted by Gasteiger charge is 2.22. The van der Waals surface area contributed by atoms with Gasteiger partial charge in [-0.3, -0.25) is 14.4 Å². The fraction of sp³-hybridized carbons (Fsp3) is 0.786. The van der Waals surface area contributed by atoms with E-state index in [1.807, 2.05) is 9.58 Å². The average molecular weight is 293 g/mol. The van der Waals surface area contributed by atoms with Crippen LogP contribution in [0.15, 0.2) is 12.7 Å². The Hall–Kier alpha value is -1.47. The number of amides is 1. The number of hydrogen-bond donors (Lipinski definition) is 0. The third-order valence-electron chi connectivity index (χ3n) is 4.15. The van der Waals surface area contributed by atoms with E-state index >= 15 is 0 Å².